The molecule has 2 aromatic heterocycles. The van der Waals surface area contributed by atoms with Gasteiger partial charge in [0.1, 0.15) is 5.75 Å². The van der Waals surface area contributed by atoms with Gasteiger partial charge in [0.15, 0.2) is 11.6 Å². The van der Waals surface area contributed by atoms with E-state index in [2.05, 4.69) is 29.9 Å². The Bertz CT molecular complexity index is 1380. The van der Waals surface area contributed by atoms with Crippen LogP contribution in [-0.2, 0) is 13.6 Å². The number of ether oxygens (including phenoxy) is 2. The molecule has 0 N–H and O–H groups in total. The second-order valence-electron chi connectivity index (χ2n) is 9.14. The van der Waals surface area contributed by atoms with E-state index in [1.807, 2.05) is 42.7 Å². The maximum absolute atomic E-state index is 15.6. The third-order valence-corrected chi connectivity index (χ3v) is 6.72. The molecule has 0 unspecified atom stereocenters. The fourth-order valence-corrected chi connectivity index (χ4v) is 4.74. The van der Waals surface area contributed by atoms with Crippen LogP contribution in [0.5, 0.6) is 11.5 Å². The van der Waals surface area contributed by atoms with Gasteiger partial charge in [0.2, 0.25) is 0 Å². The number of hydrogen-bond donors (Lipinski definition) is 0. The molecule has 0 saturated heterocycles. The van der Waals surface area contributed by atoms with Crippen molar-refractivity contribution in [2.45, 2.75) is 26.4 Å². The highest BCUT2D eigenvalue weighted by Crippen LogP contribution is 2.41. The highest BCUT2D eigenvalue weighted by molar-refractivity contribution is 5.92. The Morgan fingerprint density at radius 3 is 2.49 bits per heavy atom. The Kier molecular flexibility index (Phi) is 6.06. The van der Waals surface area contributed by atoms with Gasteiger partial charge in [-0.25, -0.2) is 4.39 Å². The minimum absolute atomic E-state index is 0.159. The molecule has 0 amide bonds. The van der Waals surface area contributed by atoms with Gasteiger partial charge in [-0.3, -0.25) is 14.6 Å². The molecule has 4 aromatic rings. The van der Waals surface area contributed by atoms with Crippen molar-refractivity contribution in [1.29, 1.82) is 0 Å². The lowest BCUT2D eigenvalue weighted by atomic mass is 10.0. The number of hydrogen-bond acceptors (Lipinski definition) is 6. The van der Waals surface area contributed by atoms with Gasteiger partial charge in [0, 0.05) is 79.5 Å². The molecular weight excluding hydrogens is 445 g/mol. The van der Waals surface area contributed by atoms with Crippen LogP contribution in [-0.4, -0.2) is 53.0 Å². The van der Waals surface area contributed by atoms with Gasteiger partial charge in [0.05, 0.1) is 31.6 Å². The zero-order chi connectivity index (χ0) is 24.7. The van der Waals surface area contributed by atoms with Gasteiger partial charge in [-0.15, -0.1) is 0 Å². The number of methoxy groups -OCH3 is 2. The molecular formula is C27H30FN5O2. The number of anilines is 2. The first-order valence-corrected chi connectivity index (χ1v) is 11.7. The summed E-state index contributed by atoms with van der Waals surface area (Å²) in [7, 11) is 4.95. The second-order valence-corrected chi connectivity index (χ2v) is 9.14. The molecule has 35 heavy (non-hydrogen) atoms. The van der Waals surface area contributed by atoms with Crippen molar-refractivity contribution in [2.24, 2.45) is 7.05 Å². The summed E-state index contributed by atoms with van der Waals surface area (Å²) < 4.78 is 28.2. The predicted octanol–water partition coefficient (Wildman–Crippen LogP) is 5.15. The molecule has 0 aliphatic carbocycles. The van der Waals surface area contributed by atoms with E-state index in [1.54, 1.807) is 23.9 Å². The maximum atomic E-state index is 15.6. The van der Waals surface area contributed by atoms with Crippen molar-refractivity contribution in [2.75, 3.05) is 32.2 Å². The van der Waals surface area contributed by atoms with Crippen LogP contribution in [0, 0.1) is 5.82 Å². The summed E-state index contributed by atoms with van der Waals surface area (Å²) in [6.07, 6.45) is 5.71. The predicted molar refractivity (Wildman–Crippen MR) is 136 cm³/mol. The van der Waals surface area contributed by atoms with Crippen LogP contribution in [0.1, 0.15) is 19.4 Å². The third kappa shape index (κ3) is 4.18. The molecule has 182 valence electrons. The average molecular weight is 476 g/mol. The topological polar surface area (TPSA) is 55.7 Å². The minimum atomic E-state index is -0.403. The van der Waals surface area contributed by atoms with Gasteiger partial charge in [-0.2, -0.15) is 5.10 Å². The molecule has 0 saturated carbocycles. The first-order valence-electron chi connectivity index (χ1n) is 11.7. The standard InChI is InChI=1S/C27H30FN5O2/c1-17(2)32-8-9-33(25-11-20(34-4)12-26(35-5)27(25)28)24-7-6-23-21(22(24)16-32)10-18(13-29-23)19-14-30-31(3)15-19/h6-7,10-15,17H,8-9,16H2,1-5H3. The number of halogens is 1. The lowest BCUT2D eigenvalue weighted by Crippen LogP contribution is -2.34. The number of aromatic nitrogens is 3. The SMILES string of the molecule is COc1cc(OC)c(F)c(N2CCN(C(C)C)Cc3c2ccc2ncc(-c4cnn(C)c4)cc32)c1. The molecule has 7 nitrogen and oxygen atoms in total. The number of rotatable bonds is 5. The van der Waals surface area contributed by atoms with Crippen molar-refractivity contribution in [1.82, 2.24) is 19.7 Å². The summed E-state index contributed by atoms with van der Waals surface area (Å²) in [5.74, 6) is 0.304. The van der Waals surface area contributed by atoms with E-state index in [-0.39, 0.29) is 5.75 Å². The van der Waals surface area contributed by atoms with Crippen LogP contribution in [0.25, 0.3) is 22.0 Å². The fraction of sp³-hybridized carbons (Fsp3) is 0.333. The van der Waals surface area contributed by atoms with Gasteiger partial charge < -0.3 is 14.4 Å². The van der Waals surface area contributed by atoms with Crippen molar-refractivity contribution >= 4 is 22.3 Å². The van der Waals surface area contributed by atoms with E-state index in [4.69, 9.17) is 14.5 Å². The first-order chi connectivity index (χ1) is 16.9. The number of fused-ring (bicyclic) bond motifs is 3. The molecule has 0 atom stereocenters. The van der Waals surface area contributed by atoms with Crippen molar-refractivity contribution in [3.8, 4) is 22.6 Å². The molecule has 0 spiro atoms. The normalized spacial score (nSPS) is 14.3. The van der Waals surface area contributed by atoms with E-state index in [1.165, 1.54) is 7.11 Å². The van der Waals surface area contributed by atoms with Crippen LogP contribution < -0.4 is 14.4 Å². The average Bonchev–Trinajstić information content (AvgIpc) is 3.19. The van der Waals surface area contributed by atoms with Gasteiger partial charge in [-0.1, -0.05) is 0 Å². The van der Waals surface area contributed by atoms with Crippen LogP contribution in [0.2, 0.25) is 0 Å². The molecule has 3 heterocycles. The first kappa shape index (κ1) is 23.1. The van der Waals surface area contributed by atoms with Crippen molar-refractivity contribution < 1.29 is 13.9 Å². The van der Waals surface area contributed by atoms with E-state index in [0.29, 0.717) is 24.0 Å². The Morgan fingerprint density at radius 1 is 0.971 bits per heavy atom. The minimum Gasteiger partial charge on any atom is -0.497 e. The van der Waals surface area contributed by atoms with Crippen LogP contribution in [0.3, 0.4) is 0 Å². The highest BCUT2D eigenvalue weighted by atomic mass is 19.1. The lowest BCUT2D eigenvalue weighted by molar-refractivity contribution is 0.224. The second kappa shape index (κ2) is 9.19. The maximum Gasteiger partial charge on any atom is 0.188 e. The van der Waals surface area contributed by atoms with E-state index < -0.39 is 5.82 Å². The van der Waals surface area contributed by atoms with Crippen LogP contribution in [0.15, 0.2) is 48.9 Å². The number of aryl methyl sites for hydroxylation is 1. The lowest BCUT2D eigenvalue weighted by Gasteiger charge is -2.27. The largest absolute Gasteiger partial charge is 0.497 e. The zero-order valence-electron chi connectivity index (χ0n) is 20.7. The van der Waals surface area contributed by atoms with E-state index in [0.717, 1.165) is 46.4 Å². The molecule has 8 heteroatoms. The summed E-state index contributed by atoms with van der Waals surface area (Å²) in [5, 5.41) is 5.36. The summed E-state index contributed by atoms with van der Waals surface area (Å²) in [4.78, 5) is 9.20. The summed E-state index contributed by atoms with van der Waals surface area (Å²) >= 11 is 0. The van der Waals surface area contributed by atoms with Gasteiger partial charge in [-0.05, 0) is 37.6 Å². The Morgan fingerprint density at radius 2 is 1.80 bits per heavy atom. The molecule has 2 aromatic carbocycles. The Balaban J connectivity index is 1.73. The number of nitrogens with zero attached hydrogens (tertiary/aromatic N) is 5. The number of pyridine rings is 1. The summed E-state index contributed by atoms with van der Waals surface area (Å²) in [6.45, 7) is 6.52. The monoisotopic (exact) mass is 475 g/mol. The van der Waals surface area contributed by atoms with E-state index in [9.17, 15) is 0 Å². The highest BCUT2D eigenvalue weighted by Gasteiger charge is 2.27. The number of benzene rings is 2. The van der Waals surface area contributed by atoms with Crippen LogP contribution in [0.4, 0.5) is 15.8 Å². The molecule has 1 aliphatic heterocycles. The quantitative estimate of drug-likeness (QED) is 0.398. The van der Waals surface area contributed by atoms with Gasteiger partial charge >= 0.3 is 0 Å². The molecule has 0 radical (unpaired) electrons. The van der Waals surface area contributed by atoms with E-state index >= 15 is 4.39 Å². The molecule has 0 fully saturated rings. The van der Waals surface area contributed by atoms with Gasteiger partial charge in [0.25, 0.3) is 0 Å². The third-order valence-electron chi connectivity index (χ3n) is 6.72. The fourth-order valence-electron chi connectivity index (χ4n) is 4.74. The Labute approximate surface area is 204 Å². The van der Waals surface area contributed by atoms with Crippen molar-refractivity contribution in [3.63, 3.8) is 0 Å². The molecule has 0 bridgehead atoms. The summed E-state index contributed by atoms with van der Waals surface area (Å²) in [6, 6.07) is 9.86. The van der Waals surface area contributed by atoms with Crippen LogP contribution >= 0.6 is 0 Å². The zero-order valence-corrected chi connectivity index (χ0v) is 20.7. The van der Waals surface area contributed by atoms with Crippen molar-refractivity contribution in [3.05, 3.63) is 60.3 Å². The smallest absolute Gasteiger partial charge is 0.188 e. The molecule has 5 rings (SSSR count). The Hall–Kier alpha value is -3.65. The molecule has 1 aliphatic rings. The summed E-state index contributed by atoms with van der Waals surface area (Å²) in [5.41, 5.74) is 5.43.